The Morgan fingerprint density at radius 1 is 1.57 bits per heavy atom. The number of oxime groups is 1. The lowest BCUT2D eigenvalue weighted by atomic mass is 10.3. The summed E-state index contributed by atoms with van der Waals surface area (Å²) in [5.41, 5.74) is 6.28. The van der Waals surface area contributed by atoms with Gasteiger partial charge in [-0.25, -0.2) is 0 Å². The molecule has 0 aromatic carbocycles. The molecule has 0 aliphatic carbocycles. The maximum atomic E-state index is 8.27. The van der Waals surface area contributed by atoms with E-state index in [9.17, 15) is 0 Å². The van der Waals surface area contributed by atoms with Gasteiger partial charge in [0.2, 0.25) is 0 Å². The average molecular weight is 194 g/mol. The summed E-state index contributed by atoms with van der Waals surface area (Å²) in [6.45, 7) is 1.37. The van der Waals surface area contributed by atoms with Gasteiger partial charge in [-0.2, -0.15) is 0 Å². The van der Waals surface area contributed by atoms with Crippen LogP contribution in [0.2, 0.25) is 0 Å². The van der Waals surface area contributed by atoms with Crippen LogP contribution in [-0.4, -0.2) is 22.6 Å². The van der Waals surface area contributed by atoms with Crippen molar-refractivity contribution < 1.29 is 5.21 Å². The van der Waals surface area contributed by atoms with E-state index in [2.05, 4.69) is 15.5 Å². The number of nitrogens with zero attached hydrogens (tertiary/aromatic N) is 2. The van der Waals surface area contributed by atoms with E-state index >= 15 is 0 Å². The highest BCUT2D eigenvalue weighted by Crippen LogP contribution is 1.91. The quantitative estimate of drug-likeness (QED) is 0.207. The topological polar surface area (TPSA) is 83.5 Å². The molecule has 0 amide bonds. The Kier molecular flexibility index (Phi) is 4.43. The third-order valence-corrected chi connectivity index (χ3v) is 1.72. The van der Waals surface area contributed by atoms with Gasteiger partial charge in [0.15, 0.2) is 0 Å². The molecule has 0 aliphatic rings. The van der Waals surface area contributed by atoms with E-state index in [1.54, 1.807) is 6.20 Å². The first kappa shape index (κ1) is 10.5. The van der Waals surface area contributed by atoms with Gasteiger partial charge in [-0.05, 0) is 12.1 Å². The van der Waals surface area contributed by atoms with Crippen LogP contribution < -0.4 is 11.1 Å². The molecule has 5 nitrogen and oxygen atoms in total. The average Bonchev–Trinajstić information content (AvgIpc) is 2.25. The van der Waals surface area contributed by atoms with Gasteiger partial charge in [0.05, 0.1) is 5.69 Å². The molecule has 0 bridgehead atoms. The van der Waals surface area contributed by atoms with Crippen LogP contribution in [0.25, 0.3) is 0 Å². The van der Waals surface area contributed by atoms with E-state index in [0.29, 0.717) is 19.5 Å². The highest BCUT2D eigenvalue weighted by atomic mass is 16.4. The van der Waals surface area contributed by atoms with Crippen LogP contribution in [0.1, 0.15) is 12.1 Å². The summed E-state index contributed by atoms with van der Waals surface area (Å²) >= 11 is 0. The molecule has 1 aromatic rings. The SMILES string of the molecule is NC(CCNCc1ccccn1)=NO. The fourth-order valence-corrected chi connectivity index (χ4v) is 0.986. The Bertz CT molecular complexity index is 286. The van der Waals surface area contributed by atoms with Crippen molar-refractivity contribution >= 4 is 5.84 Å². The molecule has 1 heterocycles. The van der Waals surface area contributed by atoms with Crippen molar-refractivity contribution in [1.82, 2.24) is 10.3 Å². The van der Waals surface area contributed by atoms with Crippen molar-refractivity contribution in [2.45, 2.75) is 13.0 Å². The van der Waals surface area contributed by atoms with Crippen LogP contribution in [0.5, 0.6) is 0 Å². The summed E-state index contributed by atoms with van der Waals surface area (Å²) in [4.78, 5) is 4.14. The molecule has 0 saturated heterocycles. The first-order valence-electron chi connectivity index (χ1n) is 4.40. The molecule has 0 atom stereocenters. The lowest BCUT2D eigenvalue weighted by molar-refractivity contribution is 0.316. The van der Waals surface area contributed by atoms with Gasteiger partial charge in [0.1, 0.15) is 5.84 Å². The fourth-order valence-electron chi connectivity index (χ4n) is 0.986. The fraction of sp³-hybridized carbons (Fsp3) is 0.333. The second-order valence-electron chi connectivity index (χ2n) is 2.84. The highest BCUT2D eigenvalue weighted by Gasteiger charge is 1.94. The van der Waals surface area contributed by atoms with Crippen molar-refractivity contribution in [3.63, 3.8) is 0 Å². The van der Waals surface area contributed by atoms with Gasteiger partial charge in [-0.15, -0.1) is 0 Å². The van der Waals surface area contributed by atoms with E-state index in [1.165, 1.54) is 0 Å². The maximum absolute atomic E-state index is 8.27. The van der Waals surface area contributed by atoms with Gasteiger partial charge in [0.25, 0.3) is 0 Å². The summed E-state index contributed by atoms with van der Waals surface area (Å²) in [6, 6.07) is 5.75. The third kappa shape index (κ3) is 3.86. The van der Waals surface area contributed by atoms with Gasteiger partial charge in [-0.1, -0.05) is 11.2 Å². The Morgan fingerprint density at radius 2 is 2.43 bits per heavy atom. The highest BCUT2D eigenvalue weighted by molar-refractivity contribution is 5.79. The first-order chi connectivity index (χ1) is 6.83. The Labute approximate surface area is 82.6 Å². The Morgan fingerprint density at radius 3 is 3.07 bits per heavy atom. The predicted octanol–water partition coefficient (Wildman–Crippen LogP) is 0.308. The van der Waals surface area contributed by atoms with E-state index in [0.717, 1.165) is 5.69 Å². The Hall–Kier alpha value is -1.62. The molecule has 5 heteroatoms. The van der Waals surface area contributed by atoms with Crippen LogP contribution in [0.3, 0.4) is 0 Å². The summed E-state index contributed by atoms with van der Waals surface area (Å²) in [5, 5.41) is 14.3. The summed E-state index contributed by atoms with van der Waals surface area (Å²) in [5.74, 6) is 0.235. The largest absolute Gasteiger partial charge is 0.409 e. The minimum Gasteiger partial charge on any atom is -0.409 e. The van der Waals surface area contributed by atoms with E-state index in [1.807, 2.05) is 18.2 Å². The molecular weight excluding hydrogens is 180 g/mol. The number of rotatable bonds is 5. The van der Waals surface area contributed by atoms with Gasteiger partial charge in [-0.3, -0.25) is 4.98 Å². The zero-order chi connectivity index (χ0) is 10.2. The van der Waals surface area contributed by atoms with Crippen LogP contribution in [0, 0.1) is 0 Å². The van der Waals surface area contributed by atoms with Crippen LogP contribution >= 0.6 is 0 Å². The summed E-state index contributed by atoms with van der Waals surface area (Å²) < 4.78 is 0. The zero-order valence-electron chi connectivity index (χ0n) is 7.85. The molecule has 1 rings (SSSR count). The van der Waals surface area contributed by atoms with Crippen molar-refractivity contribution in [3.8, 4) is 0 Å². The maximum Gasteiger partial charge on any atom is 0.140 e. The summed E-state index contributed by atoms with van der Waals surface area (Å²) in [6.07, 6.45) is 2.28. The zero-order valence-corrected chi connectivity index (χ0v) is 7.85. The second kappa shape index (κ2) is 5.93. The lowest BCUT2D eigenvalue weighted by Crippen LogP contribution is -2.22. The van der Waals surface area contributed by atoms with Gasteiger partial charge >= 0.3 is 0 Å². The lowest BCUT2D eigenvalue weighted by Gasteiger charge is -2.02. The molecule has 0 radical (unpaired) electrons. The number of aromatic nitrogens is 1. The molecule has 14 heavy (non-hydrogen) atoms. The third-order valence-electron chi connectivity index (χ3n) is 1.72. The number of hydrogen-bond donors (Lipinski definition) is 3. The normalized spacial score (nSPS) is 11.6. The number of pyridine rings is 1. The van der Waals surface area contributed by atoms with E-state index < -0.39 is 0 Å². The first-order valence-corrected chi connectivity index (χ1v) is 4.40. The summed E-state index contributed by atoms with van der Waals surface area (Å²) in [7, 11) is 0. The van der Waals surface area contributed by atoms with Crippen molar-refractivity contribution in [2.24, 2.45) is 10.9 Å². The molecule has 76 valence electrons. The smallest absolute Gasteiger partial charge is 0.140 e. The van der Waals surface area contributed by atoms with Crippen LogP contribution in [0.4, 0.5) is 0 Å². The van der Waals surface area contributed by atoms with Crippen molar-refractivity contribution in [3.05, 3.63) is 30.1 Å². The number of hydrogen-bond acceptors (Lipinski definition) is 4. The molecule has 0 spiro atoms. The molecule has 0 unspecified atom stereocenters. The number of nitrogens with two attached hydrogens (primary N) is 1. The predicted molar refractivity (Wildman–Crippen MR) is 54.0 cm³/mol. The van der Waals surface area contributed by atoms with Crippen molar-refractivity contribution in [1.29, 1.82) is 0 Å². The molecule has 4 N–H and O–H groups in total. The molecule has 1 aromatic heterocycles. The molecule has 0 saturated carbocycles. The number of amidine groups is 1. The van der Waals surface area contributed by atoms with E-state index in [4.69, 9.17) is 10.9 Å². The van der Waals surface area contributed by atoms with Crippen molar-refractivity contribution in [2.75, 3.05) is 6.54 Å². The standard InChI is InChI=1S/C9H14N4O/c10-9(13-14)4-6-11-7-8-3-1-2-5-12-8/h1-3,5,11,14H,4,6-7H2,(H2,10,13). The second-order valence-corrected chi connectivity index (χ2v) is 2.84. The van der Waals surface area contributed by atoms with Crippen LogP contribution in [-0.2, 0) is 6.54 Å². The van der Waals surface area contributed by atoms with Crippen LogP contribution in [0.15, 0.2) is 29.6 Å². The molecule has 0 fully saturated rings. The molecular formula is C9H14N4O. The minimum atomic E-state index is 0.235. The number of nitrogens with one attached hydrogen (secondary N) is 1. The van der Waals surface area contributed by atoms with Gasteiger partial charge in [0, 0.05) is 25.7 Å². The monoisotopic (exact) mass is 194 g/mol. The van der Waals surface area contributed by atoms with E-state index in [-0.39, 0.29) is 5.84 Å². The Balaban J connectivity index is 2.17. The van der Waals surface area contributed by atoms with Gasteiger partial charge < -0.3 is 16.3 Å². The molecule has 0 aliphatic heterocycles. The minimum absolute atomic E-state index is 0.235.